The van der Waals surface area contributed by atoms with E-state index in [-0.39, 0.29) is 5.91 Å². The highest BCUT2D eigenvalue weighted by molar-refractivity contribution is 5.97. The lowest BCUT2D eigenvalue weighted by molar-refractivity contribution is -0.133. The second-order valence-electron chi connectivity index (χ2n) is 6.96. The quantitative estimate of drug-likeness (QED) is 0.911. The minimum atomic E-state index is -1.19. The Bertz CT molecular complexity index is 719. The van der Waals surface area contributed by atoms with Crippen LogP contribution in [-0.2, 0) is 17.8 Å². The molecule has 5 heteroatoms. The normalized spacial score (nSPS) is 19.0. The smallest absolute Gasteiger partial charge is 0.256 e. The first kappa shape index (κ1) is 15.4. The number of anilines is 1. The molecule has 0 bridgehead atoms. The van der Waals surface area contributed by atoms with E-state index in [9.17, 15) is 9.90 Å². The van der Waals surface area contributed by atoms with Crippen molar-refractivity contribution in [1.29, 1.82) is 0 Å². The minimum Gasteiger partial charge on any atom is -0.380 e. The Morgan fingerprint density at radius 3 is 2.58 bits per heavy atom. The fourth-order valence-corrected chi connectivity index (χ4v) is 3.71. The van der Waals surface area contributed by atoms with E-state index < -0.39 is 5.60 Å². The number of fused-ring (bicyclic) bond motifs is 1. The van der Waals surface area contributed by atoms with Gasteiger partial charge in [-0.25, -0.2) is 4.98 Å². The molecule has 2 heterocycles. The summed E-state index contributed by atoms with van der Waals surface area (Å²) < 4.78 is 2.24. The summed E-state index contributed by atoms with van der Waals surface area (Å²) in [6, 6.07) is 7.71. The van der Waals surface area contributed by atoms with E-state index in [2.05, 4.69) is 16.1 Å². The third-order valence-corrected chi connectivity index (χ3v) is 5.20. The van der Waals surface area contributed by atoms with Crippen molar-refractivity contribution >= 4 is 11.6 Å². The summed E-state index contributed by atoms with van der Waals surface area (Å²) in [5.74, 6) is 0.877. The SMILES string of the molecule is O=C(Nc1ccc(-c2cn3c(n2)CCCC3)cc1)C1(O)CCCC1. The van der Waals surface area contributed by atoms with Gasteiger partial charge in [-0.1, -0.05) is 12.1 Å². The highest BCUT2D eigenvalue weighted by Crippen LogP contribution is 2.31. The summed E-state index contributed by atoms with van der Waals surface area (Å²) >= 11 is 0. The highest BCUT2D eigenvalue weighted by atomic mass is 16.3. The maximum absolute atomic E-state index is 12.2. The standard InChI is InChI=1S/C19H23N3O2/c23-18(19(24)10-2-3-11-19)20-15-8-6-14(7-9-15)16-13-22-12-4-1-5-17(22)21-16/h6-9,13,24H,1-5,10-12H2,(H,20,23). The van der Waals surface area contributed by atoms with Crippen LogP contribution in [0, 0.1) is 0 Å². The number of imidazole rings is 1. The van der Waals surface area contributed by atoms with Gasteiger partial charge in [-0.2, -0.15) is 0 Å². The molecule has 1 saturated carbocycles. The Labute approximate surface area is 141 Å². The number of hydrogen-bond donors (Lipinski definition) is 2. The molecule has 0 radical (unpaired) electrons. The highest BCUT2D eigenvalue weighted by Gasteiger charge is 2.38. The van der Waals surface area contributed by atoms with E-state index >= 15 is 0 Å². The summed E-state index contributed by atoms with van der Waals surface area (Å²) in [5.41, 5.74) is 1.56. The van der Waals surface area contributed by atoms with Gasteiger partial charge in [0.15, 0.2) is 0 Å². The maximum atomic E-state index is 12.2. The van der Waals surface area contributed by atoms with Crippen molar-refractivity contribution in [2.24, 2.45) is 0 Å². The molecule has 5 nitrogen and oxygen atoms in total. The molecule has 0 saturated heterocycles. The average Bonchev–Trinajstić information content (AvgIpc) is 3.22. The molecule has 1 aromatic carbocycles. The van der Waals surface area contributed by atoms with E-state index in [1.165, 1.54) is 12.8 Å². The lowest BCUT2D eigenvalue weighted by Crippen LogP contribution is -2.40. The van der Waals surface area contributed by atoms with Crippen molar-refractivity contribution in [3.63, 3.8) is 0 Å². The van der Waals surface area contributed by atoms with Crippen LogP contribution in [0.4, 0.5) is 5.69 Å². The van der Waals surface area contributed by atoms with Gasteiger partial charge in [0, 0.05) is 30.4 Å². The summed E-state index contributed by atoms with van der Waals surface area (Å²) in [4.78, 5) is 17.0. The minimum absolute atomic E-state index is 0.287. The fourth-order valence-electron chi connectivity index (χ4n) is 3.71. The zero-order chi connectivity index (χ0) is 16.6. The molecule has 2 aliphatic rings. The molecule has 2 aromatic rings. The number of carbonyl (C=O) groups is 1. The van der Waals surface area contributed by atoms with Crippen LogP contribution in [0.1, 0.15) is 44.3 Å². The first-order chi connectivity index (χ1) is 11.6. The predicted molar refractivity (Wildman–Crippen MR) is 92.6 cm³/mol. The zero-order valence-electron chi connectivity index (χ0n) is 13.8. The molecule has 126 valence electrons. The van der Waals surface area contributed by atoms with Crippen LogP contribution < -0.4 is 5.32 Å². The van der Waals surface area contributed by atoms with Gasteiger partial charge in [-0.15, -0.1) is 0 Å². The molecule has 1 fully saturated rings. The third kappa shape index (κ3) is 2.84. The van der Waals surface area contributed by atoms with Gasteiger partial charge in [0.05, 0.1) is 5.69 Å². The molecule has 0 atom stereocenters. The molecule has 2 N–H and O–H groups in total. The van der Waals surface area contributed by atoms with Crippen LogP contribution in [0.25, 0.3) is 11.3 Å². The van der Waals surface area contributed by atoms with Gasteiger partial charge in [0.25, 0.3) is 5.91 Å². The average molecular weight is 325 g/mol. The molecule has 0 spiro atoms. The summed E-state index contributed by atoms with van der Waals surface area (Å²) in [5, 5.41) is 13.2. The van der Waals surface area contributed by atoms with Crippen LogP contribution in [-0.4, -0.2) is 26.2 Å². The molecule has 4 rings (SSSR count). The lowest BCUT2D eigenvalue weighted by atomic mass is 10.0. The van der Waals surface area contributed by atoms with Crippen molar-refractivity contribution < 1.29 is 9.90 Å². The van der Waals surface area contributed by atoms with E-state index in [4.69, 9.17) is 4.98 Å². The molecular formula is C19H23N3O2. The van der Waals surface area contributed by atoms with Crippen molar-refractivity contribution in [3.05, 3.63) is 36.3 Å². The Morgan fingerprint density at radius 2 is 1.88 bits per heavy atom. The molecular weight excluding hydrogens is 302 g/mol. The van der Waals surface area contributed by atoms with Crippen LogP contribution in [0.5, 0.6) is 0 Å². The largest absolute Gasteiger partial charge is 0.380 e. The number of rotatable bonds is 3. The summed E-state index contributed by atoms with van der Waals surface area (Å²) in [6.07, 6.45) is 8.52. The number of hydrogen-bond acceptors (Lipinski definition) is 3. The number of nitrogens with zero attached hydrogens (tertiary/aromatic N) is 2. The summed E-state index contributed by atoms with van der Waals surface area (Å²) in [6.45, 7) is 1.05. The van der Waals surface area contributed by atoms with Gasteiger partial charge in [-0.05, 0) is 50.7 Å². The molecule has 1 aliphatic heterocycles. The van der Waals surface area contributed by atoms with Gasteiger partial charge >= 0.3 is 0 Å². The predicted octanol–water partition coefficient (Wildman–Crippen LogP) is 3.13. The molecule has 24 heavy (non-hydrogen) atoms. The second kappa shape index (κ2) is 6.06. The number of nitrogens with one attached hydrogen (secondary N) is 1. The van der Waals surface area contributed by atoms with E-state index in [1.54, 1.807) is 0 Å². The van der Waals surface area contributed by atoms with Crippen LogP contribution in [0.3, 0.4) is 0 Å². The lowest BCUT2D eigenvalue weighted by Gasteiger charge is -2.20. The van der Waals surface area contributed by atoms with Crippen molar-refractivity contribution in [1.82, 2.24) is 9.55 Å². The second-order valence-corrected chi connectivity index (χ2v) is 6.96. The van der Waals surface area contributed by atoms with Crippen molar-refractivity contribution in [3.8, 4) is 11.3 Å². The number of aliphatic hydroxyl groups is 1. The number of amides is 1. The van der Waals surface area contributed by atoms with Gasteiger partial charge < -0.3 is 15.0 Å². The first-order valence-electron chi connectivity index (χ1n) is 8.84. The fraction of sp³-hybridized carbons (Fsp3) is 0.474. The van der Waals surface area contributed by atoms with Gasteiger partial charge in [0.2, 0.25) is 0 Å². The Kier molecular flexibility index (Phi) is 3.88. The van der Waals surface area contributed by atoms with E-state index in [0.717, 1.165) is 42.9 Å². The Hall–Kier alpha value is -2.14. The Balaban J connectivity index is 1.48. The van der Waals surface area contributed by atoms with Crippen LogP contribution in [0.2, 0.25) is 0 Å². The van der Waals surface area contributed by atoms with E-state index in [1.807, 2.05) is 24.3 Å². The summed E-state index contributed by atoms with van der Waals surface area (Å²) in [7, 11) is 0. The molecule has 1 amide bonds. The number of aryl methyl sites for hydroxylation is 2. The van der Waals surface area contributed by atoms with Gasteiger partial charge in [0.1, 0.15) is 11.4 Å². The molecule has 1 aromatic heterocycles. The van der Waals surface area contributed by atoms with Crippen molar-refractivity contribution in [2.45, 2.75) is 57.1 Å². The molecule has 1 aliphatic carbocycles. The molecule has 0 unspecified atom stereocenters. The van der Waals surface area contributed by atoms with Crippen molar-refractivity contribution in [2.75, 3.05) is 5.32 Å². The monoisotopic (exact) mass is 325 g/mol. The maximum Gasteiger partial charge on any atom is 0.256 e. The van der Waals surface area contributed by atoms with Gasteiger partial charge in [-0.3, -0.25) is 4.79 Å². The van der Waals surface area contributed by atoms with Crippen LogP contribution in [0.15, 0.2) is 30.5 Å². The topological polar surface area (TPSA) is 67.2 Å². The van der Waals surface area contributed by atoms with Crippen LogP contribution >= 0.6 is 0 Å². The number of benzene rings is 1. The first-order valence-corrected chi connectivity index (χ1v) is 8.84. The zero-order valence-corrected chi connectivity index (χ0v) is 13.8. The number of aromatic nitrogens is 2. The Morgan fingerprint density at radius 1 is 1.12 bits per heavy atom. The third-order valence-electron chi connectivity index (χ3n) is 5.20. The van der Waals surface area contributed by atoms with E-state index in [0.29, 0.717) is 18.5 Å². The number of carbonyl (C=O) groups excluding carboxylic acids is 1.